The Morgan fingerprint density at radius 1 is 1.17 bits per heavy atom. The van der Waals surface area contributed by atoms with Gasteiger partial charge in [0.25, 0.3) is 0 Å². The molecule has 24 heavy (non-hydrogen) atoms. The molecule has 2 atom stereocenters. The zero-order chi connectivity index (χ0) is 15.6. The van der Waals surface area contributed by atoms with Gasteiger partial charge in [-0.15, -0.1) is 12.4 Å². The number of hydrogen-bond donors (Lipinski definition) is 1. The average Bonchev–Trinajstić information content (AvgIpc) is 3.14. The van der Waals surface area contributed by atoms with Gasteiger partial charge in [0, 0.05) is 19.1 Å². The van der Waals surface area contributed by atoms with Crippen LogP contribution in [0.3, 0.4) is 0 Å². The lowest BCUT2D eigenvalue weighted by molar-refractivity contribution is 0.182. The van der Waals surface area contributed by atoms with Crippen LogP contribution in [-0.2, 0) is 6.54 Å². The monoisotopic (exact) mass is 348 g/mol. The highest BCUT2D eigenvalue weighted by atomic mass is 35.5. The molecule has 0 amide bonds. The van der Waals surface area contributed by atoms with E-state index in [4.69, 9.17) is 4.98 Å². The van der Waals surface area contributed by atoms with Crippen LogP contribution in [0.25, 0.3) is 11.0 Å². The van der Waals surface area contributed by atoms with E-state index in [0.717, 1.165) is 23.8 Å². The van der Waals surface area contributed by atoms with Gasteiger partial charge in [0.05, 0.1) is 11.0 Å². The van der Waals surface area contributed by atoms with Crippen LogP contribution >= 0.6 is 12.4 Å². The van der Waals surface area contributed by atoms with Gasteiger partial charge in [0.15, 0.2) is 0 Å². The molecule has 1 N–H and O–H groups in total. The lowest BCUT2D eigenvalue weighted by Gasteiger charge is -2.31. The second-order valence-electron chi connectivity index (χ2n) is 7.26. The van der Waals surface area contributed by atoms with Gasteiger partial charge >= 0.3 is 0 Å². The van der Waals surface area contributed by atoms with Crippen LogP contribution in [0, 0.1) is 12.8 Å². The fourth-order valence-electron chi connectivity index (χ4n) is 4.39. The minimum atomic E-state index is 0. The van der Waals surface area contributed by atoms with E-state index in [1.807, 2.05) is 0 Å². The highest BCUT2D eigenvalue weighted by molar-refractivity contribution is 5.85. The number of fused-ring (bicyclic) bond motifs is 1. The van der Waals surface area contributed by atoms with E-state index in [-0.39, 0.29) is 12.4 Å². The van der Waals surface area contributed by atoms with Crippen molar-refractivity contribution < 1.29 is 0 Å². The van der Waals surface area contributed by atoms with Crippen molar-refractivity contribution in [3.8, 4) is 0 Å². The van der Waals surface area contributed by atoms with Crippen molar-refractivity contribution in [2.24, 2.45) is 5.92 Å². The first-order valence-corrected chi connectivity index (χ1v) is 9.18. The quantitative estimate of drug-likeness (QED) is 0.920. The normalized spacial score (nSPS) is 25.0. The molecule has 1 aromatic carbocycles. The zero-order valence-electron chi connectivity index (χ0n) is 14.6. The summed E-state index contributed by atoms with van der Waals surface area (Å²) in [5.74, 6) is 1.99. The summed E-state index contributed by atoms with van der Waals surface area (Å²) in [5, 5.41) is 3.56. The number of para-hydroxylation sites is 2. The van der Waals surface area contributed by atoms with Crippen LogP contribution < -0.4 is 5.32 Å². The maximum atomic E-state index is 4.73. The van der Waals surface area contributed by atoms with Crippen molar-refractivity contribution in [3.63, 3.8) is 0 Å². The first-order valence-electron chi connectivity index (χ1n) is 9.18. The van der Waals surface area contributed by atoms with Gasteiger partial charge in [0.1, 0.15) is 5.82 Å². The van der Waals surface area contributed by atoms with Crippen LogP contribution in [0.1, 0.15) is 31.5 Å². The number of imidazole rings is 1. The lowest BCUT2D eigenvalue weighted by Crippen LogP contribution is -2.41. The molecule has 0 radical (unpaired) electrons. The molecule has 3 heterocycles. The molecule has 0 bridgehead atoms. The van der Waals surface area contributed by atoms with Gasteiger partial charge in [-0.25, -0.2) is 4.98 Å². The molecule has 4 rings (SSSR count). The van der Waals surface area contributed by atoms with E-state index in [9.17, 15) is 0 Å². The number of halogens is 1. The van der Waals surface area contributed by atoms with Crippen molar-refractivity contribution in [2.45, 2.75) is 45.2 Å². The number of nitrogens with one attached hydrogen (secondary N) is 1. The molecule has 132 valence electrons. The third-order valence-corrected chi connectivity index (χ3v) is 5.63. The maximum Gasteiger partial charge on any atom is 0.106 e. The predicted octanol–water partition coefficient (Wildman–Crippen LogP) is 3.23. The predicted molar refractivity (Wildman–Crippen MR) is 102 cm³/mol. The number of nitrogens with zero attached hydrogens (tertiary/aromatic N) is 3. The fraction of sp³-hybridized carbons (Fsp3) is 0.632. The van der Waals surface area contributed by atoms with Crippen molar-refractivity contribution in [3.05, 3.63) is 30.1 Å². The van der Waals surface area contributed by atoms with E-state index in [0.29, 0.717) is 6.04 Å². The minimum Gasteiger partial charge on any atom is -0.327 e. The first kappa shape index (κ1) is 17.7. The third kappa shape index (κ3) is 3.61. The van der Waals surface area contributed by atoms with Gasteiger partial charge in [-0.2, -0.15) is 0 Å². The molecule has 2 aliphatic heterocycles. The summed E-state index contributed by atoms with van der Waals surface area (Å²) in [6, 6.07) is 9.21. The topological polar surface area (TPSA) is 33.1 Å². The smallest absolute Gasteiger partial charge is 0.106 e. The van der Waals surface area contributed by atoms with Crippen LogP contribution in [0.15, 0.2) is 24.3 Å². The Hall–Kier alpha value is -1.10. The Morgan fingerprint density at radius 2 is 2.04 bits per heavy atom. The molecule has 0 aliphatic carbocycles. The van der Waals surface area contributed by atoms with E-state index in [1.165, 1.54) is 57.4 Å². The molecule has 2 fully saturated rings. The summed E-state index contributed by atoms with van der Waals surface area (Å²) in [5.41, 5.74) is 2.42. The number of hydrogen-bond acceptors (Lipinski definition) is 3. The van der Waals surface area contributed by atoms with E-state index < -0.39 is 0 Å². The summed E-state index contributed by atoms with van der Waals surface area (Å²) in [6.07, 6.45) is 5.40. The van der Waals surface area contributed by atoms with Crippen LogP contribution in [0.5, 0.6) is 0 Å². The van der Waals surface area contributed by atoms with E-state index in [2.05, 4.69) is 46.0 Å². The van der Waals surface area contributed by atoms with Crippen LogP contribution in [0.4, 0.5) is 0 Å². The third-order valence-electron chi connectivity index (χ3n) is 5.63. The molecule has 2 saturated heterocycles. The summed E-state index contributed by atoms with van der Waals surface area (Å²) in [4.78, 5) is 7.47. The minimum absolute atomic E-state index is 0. The molecule has 1 aromatic heterocycles. The summed E-state index contributed by atoms with van der Waals surface area (Å²) >= 11 is 0. The number of rotatable bonds is 4. The molecule has 2 aliphatic rings. The molecule has 2 aromatic rings. The Bertz CT molecular complexity index is 662. The molecular formula is C19H29ClN4. The van der Waals surface area contributed by atoms with Crippen molar-refractivity contribution in [1.29, 1.82) is 0 Å². The van der Waals surface area contributed by atoms with Crippen LogP contribution in [-0.4, -0.2) is 46.7 Å². The summed E-state index contributed by atoms with van der Waals surface area (Å²) in [7, 11) is 0. The maximum absolute atomic E-state index is 4.73. The van der Waals surface area contributed by atoms with Gasteiger partial charge in [-0.1, -0.05) is 12.1 Å². The largest absolute Gasteiger partial charge is 0.327 e. The van der Waals surface area contributed by atoms with Crippen molar-refractivity contribution in [2.75, 3.05) is 26.2 Å². The number of aryl methyl sites for hydroxylation is 1. The molecule has 5 heteroatoms. The van der Waals surface area contributed by atoms with Crippen molar-refractivity contribution in [1.82, 2.24) is 19.8 Å². The average molecular weight is 349 g/mol. The highest BCUT2D eigenvalue weighted by Crippen LogP contribution is 2.25. The summed E-state index contributed by atoms with van der Waals surface area (Å²) < 4.78 is 2.43. The van der Waals surface area contributed by atoms with Gasteiger partial charge in [-0.3, -0.25) is 4.90 Å². The standard InChI is InChI=1S/C19H28N4.ClH/c1-15-21-18-8-2-3-9-19(18)23(15)14-17-7-5-11-22(17)13-16-6-4-10-20-12-16;/h2-3,8-9,16-17,20H,4-7,10-14H2,1H3;1H. The number of aromatic nitrogens is 2. The Kier molecular flexibility index (Phi) is 5.80. The molecule has 2 unspecified atom stereocenters. The Morgan fingerprint density at radius 3 is 2.88 bits per heavy atom. The molecular weight excluding hydrogens is 320 g/mol. The van der Waals surface area contributed by atoms with Crippen molar-refractivity contribution >= 4 is 23.4 Å². The van der Waals surface area contributed by atoms with E-state index >= 15 is 0 Å². The first-order chi connectivity index (χ1) is 11.3. The fourth-order valence-corrected chi connectivity index (χ4v) is 4.39. The summed E-state index contributed by atoms with van der Waals surface area (Å²) in [6.45, 7) is 8.18. The number of piperidine rings is 1. The molecule has 4 nitrogen and oxygen atoms in total. The lowest BCUT2D eigenvalue weighted by atomic mass is 9.99. The molecule has 0 spiro atoms. The molecule has 0 saturated carbocycles. The van der Waals surface area contributed by atoms with E-state index in [1.54, 1.807) is 0 Å². The van der Waals surface area contributed by atoms with Gasteiger partial charge in [-0.05, 0) is 70.3 Å². The highest BCUT2D eigenvalue weighted by Gasteiger charge is 2.28. The van der Waals surface area contributed by atoms with Gasteiger partial charge < -0.3 is 9.88 Å². The number of likely N-dealkylation sites (tertiary alicyclic amines) is 1. The van der Waals surface area contributed by atoms with Gasteiger partial charge in [0.2, 0.25) is 0 Å². The Balaban J connectivity index is 0.00000169. The second-order valence-corrected chi connectivity index (χ2v) is 7.26. The Labute approximate surface area is 151 Å². The second kappa shape index (κ2) is 7.85. The van der Waals surface area contributed by atoms with Crippen LogP contribution in [0.2, 0.25) is 0 Å². The number of benzene rings is 1. The SMILES string of the molecule is Cc1nc2ccccc2n1CC1CCCN1CC1CCCNC1.Cl. The zero-order valence-corrected chi connectivity index (χ0v) is 15.4.